The van der Waals surface area contributed by atoms with Gasteiger partial charge in [0.15, 0.2) is 11.5 Å². The molecule has 1 aromatic rings. The molecule has 0 amide bonds. The zero-order valence-corrected chi connectivity index (χ0v) is 8.59. The molecule has 1 atom stereocenters. The van der Waals surface area contributed by atoms with E-state index < -0.39 is 0 Å². The third-order valence-corrected chi connectivity index (χ3v) is 2.79. The second kappa shape index (κ2) is 4.06. The van der Waals surface area contributed by atoms with Crippen LogP contribution in [0.15, 0.2) is 12.1 Å². The predicted octanol–water partition coefficient (Wildman–Crippen LogP) is 1.62. The Balaban J connectivity index is 2.40. The van der Waals surface area contributed by atoms with E-state index in [1.165, 1.54) is 19.2 Å². The van der Waals surface area contributed by atoms with Gasteiger partial charge in [0.2, 0.25) is 0 Å². The summed E-state index contributed by atoms with van der Waals surface area (Å²) in [5.74, 6) is 0.0747. The van der Waals surface area contributed by atoms with Crippen LogP contribution < -0.4 is 10.1 Å². The number of hydrogen-bond acceptors (Lipinski definition) is 3. The molecule has 1 aliphatic heterocycles. The summed E-state index contributed by atoms with van der Waals surface area (Å²) in [6, 6.07) is 2.58. The number of aromatic hydroxyl groups is 1. The predicted molar refractivity (Wildman–Crippen MR) is 54.8 cm³/mol. The number of ether oxygens (including phenoxy) is 1. The molecule has 3 nitrogen and oxygen atoms in total. The maximum Gasteiger partial charge on any atom is 0.163 e. The molecule has 0 aromatic heterocycles. The number of phenols is 1. The summed E-state index contributed by atoms with van der Waals surface area (Å²) in [5, 5.41) is 13.0. The lowest BCUT2D eigenvalue weighted by Gasteiger charge is -2.13. The quantitative estimate of drug-likeness (QED) is 0.781. The molecule has 1 saturated heterocycles. The first kappa shape index (κ1) is 10.2. The maximum atomic E-state index is 13.2. The molecular formula is C11H14FNO2. The molecule has 2 rings (SSSR count). The Labute approximate surface area is 87.9 Å². The average molecular weight is 211 g/mol. The summed E-state index contributed by atoms with van der Waals surface area (Å²) < 4.78 is 18.2. The minimum absolute atomic E-state index is 0.0626. The number of phenolic OH excluding ortho intramolecular Hbond substituents is 1. The molecule has 0 saturated carbocycles. The molecule has 1 unspecified atom stereocenters. The first-order valence-corrected chi connectivity index (χ1v) is 4.99. The van der Waals surface area contributed by atoms with Gasteiger partial charge in [-0.2, -0.15) is 0 Å². The van der Waals surface area contributed by atoms with Crippen molar-refractivity contribution in [3.8, 4) is 11.5 Å². The first-order valence-electron chi connectivity index (χ1n) is 4.99. The third kappa shape index (κ3) is 1.90. The molecule has 1 fully saturated rings. The van der Waals surface area contributed by atoms with Gasteiger partial charge in [0.25, 0.3) is 0 Å². The van der Waals surface area contributed by atoms with Crippen molar-refractivity contribution in [3.63, 3.8) is 0 Å². The number of benzene rings is 1. The van der Waals surface area contributed by atoms with Gasteiger partial charge in [0, 0.05) is 24.1 Å². The van der Waals surface area contributed by atoms with Gasteiger partial charge in [-0.05, 0) is 19.0 Å². The van der Waals surface area contributed by atoms with E-state index >= 15 is 0 Å². The van der Waals surface area contributed by atoms with Gasteiger partial charge in [0.05, 0.1) is 7.11 Å². The molecule has 4 heteroatoms. The van der Waals surface area contributed by atoms with Crippen molar-refractivity contribution in [2.24, 2.45) is 0 Å². The smallest absolute Gasteiger partial charge is 0.163 e. The molecule has 1 aliphatic rings. The Morgan fingerprint density at radius 2 is 2.33 bits per heavy atom. The van der Waals surface area contributed by atoms with Crippen LogP contribution in [0.1, 0.15) is 17.9 Å². The number of rotatable bonds is 2. The zero-order chi connectivity index (χ0) is 10.8. The van der Waals surface area contributed by atoms with Crippen molar-refractivity contribution in [1.29, 1.82) is 0 Å². The summed E-state index contributed by atoms with van der Waals surface area (Å²) >= 11 is 0. The summed E-state index contributed by atoms with van der Waals surface area (Å²) in [6.45, 7) is 1.68. The SMILES string of the molecule is COc1cc(F)cc(C2CCNC2)c1O. The lowest BCUT2D eigenvalue weighted by Crippen LogP contribution is -2.08. The van der Waals surface area contributed by atoms with E-state index in [-0.39, 0.29) is 23.2 Å². The third-order valence-electron chi connectivity index (χ3n) is 2.79. The summed E-state index contributed by atoms with van der Waals surface area (Å²) in [5.41, 5.74) is 0.636. The highest BCUT2D eigenvalue weighted by Crippen LogP contribution is 2.37. The first-order chi connectivity index (χ1) is 7.22. The average Bonchev–Trinajstić information content (AvgIpc) is 2.74. The van der Waals surface area contributed by atoms with Gasteiger partial charge in [-0.3, -0.25) is 0 Å². The van der Waals surface area contributed by atoms with Crippen molar-refractivity contribution in [3.05, 3.63) is 23.5 Å². The fraction of sp³-hybridized carbons (Fsp3) is 0.455. The minimum atomic E-state index is -0.369. The van der Waals surface area contributed by atoms with Crippen LogP contribution in [-0.2, 0) is 0 Å². The van der Waals surface area contributed by atoms with Gasteiger partial charge in [-0.1, -0.05) is 0 Å². The van der Waals surface area contributed by atoms with Crippen LogP contribution in [0.25, 0.3) is 0 Å². The van der Waals surface area contributed by atoms with Crippen molar-refractivity contribution in [2.75, 3.05) is 20.2 Å². The number of hydrogen-bond donors (Lipinski definition) is 2. The van der Waals surface area contributed by atoms with Crippen molar-refractivity contribution in [2.45, 2.75) is 12.3 Å². The highest BCUT2D eigenvalue weighted by Gasteiger charge is 2.22. The molecule has 1 heterocycles. The Kier molecular flexibility index (Phi) is 2.77. The fourth-order valence-corrected chi connectivity index (χ4v) is 1.98. The van der Waals surface area contributed by atoms with E-state index in [0.29, 0.717) is 5.56 Å². The van der Waals surface area contributed by atoms with Crippen LogP contribution in [0.2, 0.25) is 0 Å². The normalized spacial score (nSPS) is 20.5. The maximum absolute atomic E-state index is 13.2. The van der Waals surface area contributed by atoms with Crippen LogP contribution in [0.4, 0.5) is 4.39 Å². The molecule has 1 aromatic carbocycles. The van der Waals surface area contributed by atoms with E-state index in [2.05, 4.69) is 5.32 Å². The van der Waals surface area contributed by atoms with Crippen molar-refractivity contribution >= 4 is 0 Å². The van der Waals surface area contributed by atoms with Gasteiger partial charge in [-0.15, -0.1) is 0 Å². The monoisotopic (exact) mass is 211 g/mol. The van der Waals surface area contributed by atoms with Crippen LogP contribution in [-0.4, -0.2) is 25.3 Å². The summed E-state index contributed by atoms with van der Waals surface area (Å²) in [4.78, 5) is 0. The van der Waals surface area contributed by atoms with Gasteiger partial charge >= 0.3 is 0 Å². The van der Waals surface area contributed by atoms with Gasteiger partial charge in [0.1, 0.15) is 5.82 Å². The molecule has 0 radical (unpaired) electrons. The van der Waals surface area contributed by atoms with Crippen molar-refractivity contribution in [1.82, 2.24) is 5.32 Å². The minimum Gasteiger partial charge on any atom is -0.504 e. The highest BCUT2D eigenvalue weighted by molar-refractivity contribution is 5.48. The molecule has 2 N–H and O–H groups in total. The molecular weight excluding hydrogens is 197 g/mol. The summed E-state index contributed by atoms with van der Waals surface area (Å²) in [7, 11) is 1.42. The topological polar surface area (TPSA) is 41.5 Å². The Bertz CT molecular complexity index is 362. The van der Waals surface area contributed by atoms with E-state index in [4.69, 9.17) is 4.74 Å². The van der Waals surface area contributed by atoms with Crippen LogP contribution in [0.5, 0.6) is 11.5 Å². The van der Waals surface area contributed by atoms with E-state index in [1.807, 2.05) is 0 Å². The zero-order valence-electron chi connectivity index (χ0n) is 8.59. The van der Waals surface area contributed by atoms with Crippen molar-refractivity contribution < 1.29 is 14.2 Å². The number of halogens is 1. The molecule has 15 heavy (non-hydrogen) atoms. The number of nitrogens with one attached hydrogen (secondary N) is 1. The van der Waals surface area contributed by atoms with Gasteiger partial charge in [-0.25, -0.2) is 4.39 Å². The van der Waals surface area contributed by atoms with Gasteiger partial charge < -0.3 is 15.2 Å². The van der Waals surface area contributed by atoms with E-state index in [0.717, 1.165) is 19.5 Å². The molecule has 82 valence electrons. The Morgan fingerprint density at radius 1 is 1.53 bits per heavy atom. The molecule has 0 bridgehead atoms. The lowest BCUT2D eigenvalue weighted by molar-refractivity contribution is 0.365. The fourth-order valence-electron chi connectivity index (χ4n) is 1.98. The second-order valence-electron chi connectivity index (χ2n) is 3.74. The largest absolute Gasteiger partial charge is 0.504 e. The molecule has 0 aliphatic carbocycles. The van der Waals surface area contributed by atoms with Crippen LogP contribution >= 0.6 is 0 Å². The van der Waals surface area contributed by atoms with Crippen LogP contribution in [0, 0.1) is 5.82 Å². The second-order valence-corrected chi connectivity index (χ2v) is 3.74. The molecule has 0 spiro atoms. The number of methoxy groups -OCH3 is 1. The summed E-state index contributed by atoms with van der Waals surface area (Å²) in [6.07, 6.45) is 0.917. The lowest BCUT2D eigenvalue weighted by atomic mass is 9.97. The highest BCUT2D eigenvalue weighted by atomic mass is 19.1. The standard InChI is InChI=1S/C11H14FNO2/c1-15-10-5-8(12)4-9(11(10)14)7-2-3-13-6-7/h4-5,7,13-14H,2-3,6H2,1H3. The van der Waals surface area contributed by atoms with Crippen LogP contribution in [0.3, 0.4) is 0 Å². The Morgan fingerprint density at radius 3 is 2.93 bits per heavy atom. The van der Waals surface area contributed by atoms with E-state index in [9.17, 15) is 9.50 Å². The Hall–Kier alpha value is -1.29. The van der Waals surface area contributed by atoms with E-state index in [1.54, 1.807) is 0 Å².